The lowest BCUT2D eigenvalue weighted by molar-refractivity contribution is -0.0782. The molecule has 4 aromatic heterocycles. The van der Waals surface area contributed by atoms with Gasteiger partial charge in [0.05, 0.1) is 43.3 Å². The molecule has 232 valence electrons. The molecule has 9 rings (SSSR count). The Hall–Kier alpha value is -4.24. The highest BCUT2D eigenvalue weighted by Crippen LogP contribution is 2.47. The van der Waals surface area contributed by atoms with Crippen LogP contribution in [0.1, 0.15) is 36.8 Å². The van der Waals surface area contributed by atoms with E-state index in [1.807, 2.05) is 30.7 Å². The van der Waals surface area contributed by atoms with Crippen molar-refractivity contribution in [3.63, 3.8) is 0 Å². The summed E-state index contributed by atoms with van der Waals surface area (Å²) in [4.78, 5) is 14.2. The second-order valence-corrected chi connectivity index (χ2v) is 13.0. The van der Waals surface area contributed by atoms with E-state index in [0.29, 0.717) is 54.0 Å². The SMILES string of the molecule is COc1ccc(CN2C3CC2CN(c2ccc(-c4cc(OCCOC5CC6(CCNC6)C5)cn5ncc(C#N)c45)cn2)C3)cn1. The number of piperazine rings is 1. The molecular formula is C34H38N8O3. The van der Waals surface area contributed by atoms with Gasteiger partial charge in [-0.2, -0.15) is 10.4 Å². The van der Waals surface area contributed by atoms with Crippen LogP contribution >= 0.6 is 0 Å². The number of methoxy groups -OCH3 is 1. The van der Waals surface area contributed by atoms with Crippen molar-refractivity contribution in [2.24, 2.45) is 5.41 Å². The van der Waals surface area contributed by atoms with Crippen molar-refractivity contribution in [3.8, 4) is 28.8 Å². The van der Waals surface area contributed by atoms with Crippen LogP contribution < -0.4 is 19.7 Å². The van der Waals surface area contributed by atoms with Crippen LogP contribution in [0.3, 0.4) is 0 Å². The molecule has 2 atom stereocenters. The van der Waals surface area contributed by atoms with Gasteiger partial charge in [0, 0.05) is 67.8 Å². The Kier molecular flexibility index (Phi) is 7.28. The molecule has 0 amide bonds. The third kappa shape index (κ3) is 5.37. The van der Waals surface area contributed by atoms with E-state index in [1.165, 1.54) is 18.4 Å². The molecule has 4 saturated heterocycles. The maximum atomic E-state index is 9.79. The highest BCUT2D eigenvalue weighted by atomic mass is 16.5. The minimum Gasteiger partial charge on any atom is -0.490 e. The third-order valence-corrected chi connectivity index (χ3v) is 10.2. The fourth-order valence-corrected chi connectivity index (χ4v) is 7.72. The first kappa shape index (κ1) is 28.2. The molecule has 0 aromatic carbocycles. The first-order valence-electron chi connectivity index (χ1n) is 15.9. The molecule has 8 heterocycles. The Morgan fingerprint density at radius 3 is 2.67 bits per heavy atom. The molecule has 4 aromatic rings. The molecule has 11 nitrogen and oxygen atoms in total. The Bertz CT molecular complexity index is 1690. The van der Waals surface area contributed by atoms with Crippen LogP contribution in [0.4, 0.5) is 5.82 Å². The molecule has 5 fully saturated rings. The molecule has 0 radical (unpaired) electrons. The van der Waals surface area contributed by atoms with Crippen LogP contribution in [0.25, 0.3) is 16.6 Å². The Labute approximate surface area is 262 Å². The van der Waals surface area contributed by atoms with Crippen molar-refractivity contribution in [1.29, 1.82) is 5.26 Å². The lowest BCUT2D eigenvalue weighted by Crippen LogP contribution is -2.68. The molecular weight excluding hydrogens is 568 g/mol. The van der Waals surface area contributed by atoms with Crippen molar-refractivity contribution >= 4 is 11.3 Å². The van der Waals surface area contributed by atoms with E-state index >= 15 is 0 Å². The monoisotopic (exact) mass is 606 g/mol. The molecule has 11 heteroatoms. The number of rotatable bonds is 10. The van der Waals surface area contributed by atoms with Crippen molar-refractivity contribution in [2.75, 3.05) is 51.4 Å². The summed E-state index contributed by atoms with van der Waals surface area (Å²) in [5.74, 6) is 2.30. The van der Waals surface area contributed by atoms with Gasteiger partial charge in [-0.1, -0.05) is 6.07 Å². The van der Waals surface area contributed by atoms with E-state index < -0.39 is 0 Å². The predicted octanol–water partition coefficient (Wildman–Crippen LogP) is 3.67. The smallest absolute Gasteiger partial charge is 0.212 e. The van der Waals surface area contributed by atoms with E-state index in [0.717, 1.165) is 68.0 Å². The number of pyridine rings is 3. The topological polar surface area (TPSA) is 113 Å². The van der Waals surface area contributed by atoms with Crippen LogP contribution in [0.15, 0.2) is 55.1 Å². The van der Waals surface area contributed by atoms with E-state index in [-0.39, 0.29) is 0 Å². The number of hydrogen-bond donors (Lipinski definition) is 1. The summed E-state index contributed by atoms with van der Waals surface area (Å²) in [6, 6.07) is 13.5. The summed E-state index contributed by atoms with van der Waals surface area (Å²) >= 11 is 0. The number of nitrogens with one attached hydrogen (secondary N) is 1. The van der Waals surface area contributed by atoms with Gasteiger partial charge in [0.2, 0.25) is 5.88 Å². The van der Waals surface area contributed by atoms with Gasteiger partial charge in [-0.05, 0) is 61.4 Å². The summed E-state index contributed by atoms with van der Waals surface area (Å²) in [6.07, 6.45) is 12.3. The standard InChI is InChI=1S/C34H38N8O3/c1-43-32-5-2-23(15-38-32)18-41-26-10-27(41)20-40(19-26)31-4-3-24(16-37-31)30-11-28(21-42-33(30)25(14-35)17-39-42)44-8-9-45-29-12-34(13-29)6-7-36-22-34/h2-5,11,15-17,21,26-27,29,36H,6-10,12-13,18-20,22H2,1H3. The van der Waals surface area contributed by atoms with Crippen molar-refractivity contribution < 1.29 is 14.2 Å². The van der Waals surface area contributed by atoms with Gasteiger partial charge in [-0.3, -0.25) is 4.90 Å². The second kappa shape index (κ2) is 11.6. The molecule has 1 spiro atoms. The number of piperidine rings is 1. The zero-order valence-electron chi connectivity index (χ0n) is 25.6. The summed E-state index contributed by atoms with van der Waals surface area (Å²) in [5, 5.41) is 17.7. The molecule has 45 heavy (non-hydrogen) atoms. The van der Waals surface area contributed by atoms with Crippen LogP contribution in [0, 0.1) is 16.7 Å². The second-order valence-electron chi connectivity index (χ2n) is 13.0. The first-order chi connectivity index (χ1) is 22.1. The fraction of sp³-hybridized carbons (Fsp3) is 0.471. The lowest BCUT2D eigenvalue weighted by Gasteiger charge is -2.56. The Balaban J connectivity index is 0.920. The summed E-state index contributed by atoms with van der Waals surface area (Å²) in [6.45, 7) is 6.05. The number of aromatic nitrogens is 4. The summed E-state index contributed by atoms with van der Waals surface area (Å²) in [5.41, 5.74) is 4.74. The molecule has 5 aliphatic rings. The van der Waals surface area contributed by atoms with Crippen molar-refractivity contribution in [3.05, 3.63) is 66.2 Å². The average molecular weight is 607 g/mol. The van der Waals surface area contributed by atoms with Crippen LogP contribution in [0.5, 0.6) is 11.6 Å². The largest absolute Gasteiger partial charge is 0.490 e. The minimum absolute atomic E-state index is 0.333. The van der Waals surface area contributed by atoms with Crippen LogP contribution in [0.2, 0.25) is 0 Å². The van der Waals surface area contributed by atoms with Crippen LogP contribution in [-0.4, -0.2) is 89.2 Å². The third-order valence-electron chi connectivity index (χ3n) is 10.2. The van der Waals surface area contributed by atoms with E-state index in [4.69, 9.17) is 19.2 Å². The number of ether oxygens (including phenoxy) is 3. The van der Waals surface area contributed by atoms with Gasteiger partial charge in [0.25, 0.3) is 0 Å². The van der Waals surface area contributed by atoms with Gasteiger partial charge < -0.3 is 24.4 Å². The molecule has 1 N–H and O–H groups in total. The van der Waals surface area contributed by atoms with Crippen molar-refractivity contribution in [2.45, 2.75) is 50.4 Å². The first-order valence-corrected chi connectivity index (χ1v) is 15.9. The molecule has 2 bridgehead atoms. The van der Waals surface area contributed by atoms with Gasteiger partial charge in [-0.25, -0.2) is 14.5 Å². The quantitative estimate of drug-likeness (QED) is 0.268. The summed E-state index contributed by atoms with van der Waals surface area (Å²) in [7, 11) is 1.64. The molecule has 1 aliphatic carbocycles. The fourth-order valence-electron chi connectivity index (χ4n) is 7.72. The normalized spacial score (nSPS) is 25.6. The Morgan fingerprint density at radius 2 is 1.96 bits per heavy atom. The van der Waals surface area contributed by atoms with Gasteiger partial charge in [0.1, 0.15) is 24.2 Å². The van der Waals surface area contributed by atoms with E-state index in [2.05, 4.69) is 49.5 Å². The number of fused-ring (bicyclic) bond motifs is 3. The van der Waals surface area contributed by atoms with Gasteiger partial charge >= 0.3 is 0 Å². The number of anilines is 1. The molecule has 1 saturated carbocycles. The van der Waals surface area contributed by atoms with E-state index in [9.17, 15) is 5.26 Å². The van der Waals surface area contributed by atoms with Gasteiger partial charge in [0.15, 0.2) is 0 Å². The maximum absolute atomic E-state index is 9.79. The summed E-state index contributed by atoms with van der Waals surface area (Å²) < 4.78 is 19.2. The predicted molar refractivity (Wildman–Crippen MR) is 168 cm³/mol. The molecule has 4 aliphatic heterocycles. The number of nitriles is 1. The van der Waals surface area contributed by atoms with Crippen molar-refractivity contribution in [1.82, 2.24) is 29.8 Å². The average Bonchev–Trinajstić information content (AvgIpc) is 3.73. The number of nitrogens with zero attached hydrogens (tertiary/aromatic N) is 7. The zero-order chi connectivity index (χ0) is 30.4. The Morgan fingerprint density at radius 1 is 1.07 bits per heavy atom. The molecule has 2 unspecified atom stereocenters. The van der Waals surface area contributed by atoms with Crippen LogP contribution in [-0.2, 0) is 11.3 Å². The highest BCUT2D eigenvalue weighted by Gasteiger charge is 2.46. The maximum Gasteiger partial charge on any atom is 0.212 e. The van der Waals surface area contributed by atoms with E-state index in [1.54, 1.807) is 17.8 Å². The minimum atomic E-state index is 0.333. The highest BCUT2D eigenvalue weighted by molar-refractivity contribution is 5.85. The van der Waals surface area contributed by atoms with Gasteiger partial charge in [-0.15, -0.1) is 0 Å². The lowest BCUT2D eigenvalue weighted by atomic mass is 9.66. The zero-order valence-corrected chi connectivity index (χ0v) is 25.6. The number of hydrogen-bond acceptors (Lipinski definition) is 10.